The molecule has 0 unspecified atom stereocenters. The highest BCUT2D eigenvalue weighted by atomic mass is 35.5. The molecule has 4 rings (SSSR count). The van der Waals surface area contributed by atoms with Gasteiger partial charge in [0, 0.05) is 71.2 Å². The van der Waals surface area contributed by atoms with Crippen LogP contribution in [0.5, 0.6) is 0 Å². The fourth-order valence-corrected chi connectivity index (χ4v) is 4.42. The van der Waals surface area contributed by atoms with Gasteiger partial charge in [0.25, 0.3) is 5.91 Å². The van der Waals surface area contributed by atoms with Gasteiger partial charge in [0.05, 0.1) is 11.7 Å². The quantitative estimate of drug-likeness (QED) is 0.298. The highest BCUT2D eigenvalue weighted by molar-refractivity contribution is 6.31. The smallest absolute Gasteiger partial charge is 0.273 e. The average Bonchev–Trinajstić information content (AvgIpc) is 3.21. The van der Waals surface area contributed by atoms with E-state index >= 15 is 0 Å². The molecular formula is C26H29Cl2N7O. The lowest BCUT2D eigenvalue weighted by Crippen LogP contribution is -2.27. The largest absolute Gasteiger partial charge is 0.384 e. The second kappa shape index (κ2) is 11.2. The minimum absolute atomic E-state index is 0.232. The van der Waals surface area contributed by atoms with Crippen LogP contribution in [-0.4, -0.2) is 57.7 Å². The molecule has 0 radical (unpaired) electrons. The molecule has 8 nitrogen and oxygen atoms in total. The number of carbonyl (C=O) groups excluding carboxylic acids is 1. The number of fused-ring (bicyclic) bond motifs is 1. The van der Waals surface area contributed by atoms with Crippen LogP contribution in [0.1, 0.15) is 28.7 Å². The average molecular weight is 526 g/mol. The van der Waals surface area contributed by atoms with Gasteiger partial charge < -0.3 is 15.5 Å². The molecule has 10 heteroatoms. The monoisotopic (exact) mass is 525 g/mol. The van der Waals surface area contributed by atoms with Crippen molar-refractivity contribution in [2.24, 2.45) is 0 Å². The summed E-state index contributed by atoms with van der Waals surface area (Å²) in [5, 5.41) is 12.5. The Bertz CT molecular complexity index is 1400. The first kappa shape index (κ1) is 25.9. The van der Waals surface area contributed by atoms with Crippen LogP contribution in [-0.2, 0) is 13.1 Å². The minimum atomic E-state index is -0.232. The molecule has 0 aliphatic rings. The van der Waals surface area contributed by atoms with Crippen LogP contribution in [0.4, 0.5) is 5.69 Å². The van der Waals surface area contributed by atoms with E-state index < -0.39 is 0 Å². The van der Waals surface area contributed by atoms with E-state index in [9.17, 15) is 4.79 Å². The van der Waals surface area contributed by atoms with E-state index in [4.69, 9.17) is 33.2 Å². The standard InChI is InChI=1S/C26H29Cl2N7O/c1-5-35-16(2)18(14-31-35)15-34(4)26(36)24-22-13-19(27)6-7-23(22)32-25(33-24)17-10-20(28)12-21(11-17)30-9-8-29-3/h6-7,10-14,29-30H,5,8-9,15H2,1-4H3. The number of halogens is 2. The first-order chi connectivity index (χ1) is 17.3. The molecule has 188 valence electrons. The number of aryl methyl sites for hydroxylation is 1. The Morgan fingerprint density at radius 2 is 1.89 bits per heavy atom. The van der Waals surface area contributed by atoms with Gasteiger partial charge in [0.1, 0.15) is 5.69 Å². The maximum atomic E-state index is 13.7. The van der Waals surface area contributed by atoms with Crippen LogP contribution in [0.3, 0.4) is 0 Å². The van der Waals surface area contributed by atoms with Gasteiger partial charge in [-0.1, -0.05) is 23.2 Å². The third-order valence-electron chi connectivity index (χ3n) is 5.98. The fraction of sp³-hybridized carbons (Fsp3) is 0.308. The lowest BCUT2D eigenvalue weighted by molar-refractivity contribution is 0.0781. The molecule has 0 atom stereocenters. The van der Waals surface area contributed by atoms with Gasteiger partial charge >= 0.3 is 0 Å². The molecule has 0 spiro atoms. The van der Waals surface area contributed by atoms with Gasteiger partial charge in [-0.3, -0.25) is 9.48 Å². The zero-order valence-electron chi connectivity index (χ0n) is 20.8. The van der Waals surface area contributed by atoms with E-state index in [1.165, 1.54) is 0 Å². The molecule has 0 aliphatic carbocycles. The number of anilines is 1. The van der Waals surface area contributed by atoms with Crippen molar-refractivity contribution in [2.45, 2.75) is 26.9 Å². The zero-order chi connectivity index (χ0) is 25.8. The molecule has 0 aliphatic heterocycles. The third kappa shape index (κ3) is 5.61. The summed E-state index contributed by atoms with van der Waals surface area (Å²) in [5.74, 6) is 0.180. The molecule has 0 saturated carbocycles. The number of amides is 1. The van der Waals surface area contributed by atoms with E-state index in [2.05, 4.69) is 15.7 Å². The van der Waals surface area contributed by atoms with Crippen LogP contribution in [0.25, 0.3) is 22.3 Å². The predicted molar refractivity (Wildman–Crippen MR) is 146 cm³/mol. The SMILES string of the molecule is CCn1ncc(CN(C)C(=O)c2nc(-c3cc(Cl)cc(NCCNC)c3)nc3ccc(Cl)cc23)c1C. The molecule has 4 aromatic rings. The molecule has 0 saturated heterocycles. The van der Waals surface area contributed by atoms with Crippen molar-refractivity contribution in [2.75, 3.05) is 32.5 Å². The Morgan fingerprint density at radius 1 is 1.08 bits per heavy atom. The fourth-order valence-electron chi connectivity index (χ4n) is 4.01. The van der Waals surface area contributed by atoms with Gasteiger partial charge in [-0.25, -0.2) is 9.97 Å². The number of hydrogen-bond donors (Lipinski definition) is 2. The molecule has 0 fully saturated rings. The number of likely N-dealkylation sites (N-methyl/N-ethyl adjacent to an activating group) is 1. The number of carbonyl (C=O) groups is 1. The lowest BCUT2D eigenvalue weighted by Gasteiger charge is -2.18. The van der Waals surface area contributed by atoms with Crippen LogP contribution in [0.2, 0.25) is 10.0 Å². The number of rotatable bonds is 9. The molecule has 0 bridgehead atoms. The zero-order valence-corrected chi connectivity index (χ0v) is 22.3. The molecule has 36 heavy (non-hydrogen) atoms. The summed E-state index contributed by atoms with van der Waals surface area (Å²) in [6.45, 7) is 6.75. The molecule has 2 aromatic heterocycles. The molecular weight excluding hydrogens is 497 g/mol. The number of nitrogens with one attached hydrogen (secondary N) is 2. The van der Waals surface area contributed by atoms with E-state index in [1.54, 1.807) is 42.4 Å². The van der Waals surface area contributed by atoms with Gasteiger partial charge in [0.2, 0.25) is 0 Å². The Hall–Kier alpha value is -3.20. The first-order valence-corrected chi connectivity index (χ1v) is 12.5. The molecule has 2 heterocycles. The van der Waals surface area contributed by atoms with Crippen LogP contribution in [0.15, 0.2) is 42.6 Å². The summed E-state index contributed by atoms with van der Waals surface area (Å²) in [7, 11) is 3.65. The number of nitrogens with zero attached hydrogens (tertiary/aromatic N) is 5. The highest BCUT2D eigenvalue weighted by Gasteiger charge is 2.21. The topological polar surface area (TPSA) is 88.0 Å². The number of hydrogen-bond acceptors (Lipinski definition) is 6. The summed E-state index contributed by atoms with van der Waals surface area (Å²) in [6.07, 6.45) is 1.80. The van der Waals surface area contributed by atoms with Crippen molar-refractivity contribution in [1.82, 2.24) is 30.0 Å². The van der Waals surface area contributed by atoms with Crippen molar-refractivity contribution >= 4 is 45.7 Å². The second-order valence-electron chi connectivity index (χ2n) is 8.55. The minimum Gasteiger partial charge on any atom is -0.384 e. The first-order valence-electron chi connectivity index (χ1n) is 11.7. The summed E-state index contributed by atoms with van der Waals surface area (Å²) >= 11 is 12.7. The van der Waals surface area contributed by atoms with Gasteiger partial charge in [0.15, 0.2) is 5.82 Å². The number of aromatic nitrogens is 4. The van der Waals surface area contributed by atoms with Crippen molar-refractivity contribution in [3.05, 3.63) is 69.6 Å². The summed E-state index contributed by atoms with van der Waals surface area (Å²) in [6, 6.07) is 10.8. The Morgan fingerprint density at radius 3 is 2.61 bits per heavy atom. The van der Waals surface area contributed by atoms with E-state index in [1.807, 2.05) is 37.7 Å². The van der Waals surface area contributed by atoms with Crippen molar-refractivity contribution < 1.29 is 4.79 Å². The van der Waals surface area contributed by atoms with Gasteiger partial charge in [-0.15, -0.1) is 0 Å². The maximum absolute atomic E-state index is 13.7. The Balaban J connectivity index is 1.74. The van der Waals surface area contributed by atoms with E-state index in [-0.39, 0.29) is 11.6 Å². The molecule has 2 N–H and O–H groups in total. The summed E-state index contributed by atoms with van der Waals surface area (Å²) in [5.41, 5.74) is 4.48. The van der Waals surface area contributed by atoms with Gasteiger partial charge in [-0.2, -0.15) is 5.10 Å². The van der Waals surface area contributed by atoms with Crippen LogP contribution < -0.4 is 10.6 Å². The van der Waals surface area contributed by atoms with Crippen molar-refractivity contribution in [3.63, 3.8) is 0 Å². The Labute approximate surface area is 220 Å². The van der Waals surface area contributed by atoms with Crippen molar-refractivity contribution in [1.29, 1.82) is 0 Å². The molecule has 2 aromatic carbocycles. The summed E-state index contributed by atoms with van der Waals surface area (Å²) < 4.78 is 1.91. The van der Waals surface area contributed by atoms with E-state index in [0.29, 0.717) is 38.9 Å². The summed E-state index contributed by atoms with van der Waals surface area (Å²) in [4.78, 5) is 24.8. The second-order valence-corrected chi connectivity index (χ2v) is 9.42. The maximum Gasteiger partial charge on any atom is 0.273 e. The van der Waals surface area contributed by atoms with Crippen LogP contribution in [0, 0.1) is 6.92 Å². The van der Waals surface area contributed by atoms with E-state index in [0.717, 1.165) is 36.6 Å². The normalized spacial score (nSPS) is 11.2. The third-order valence-corrected chi connectivity index (χ3v) is 6.43. The highest BCUT2D eigenvalue weighted by Crippen LogP contribution is 2.29. The van der Waals surface area contributed by atoms with Crippen LogP contribution >= 0.6 is 23.2 Å². The molecule has 1 amide bonds. The Kier molecular flexibility index (Phi) is 8.08. The predicted octanol–water partition coefficient (Wildman–Crippen LogP) is 5.03. The number of benzene rings is 2. The van der Waals surface area contributed by atoms with Gasteiger partial charge in [-0.05, 0) is 57.3 Å². The lowest BCUT2D eigenvalue weighted by atomic mass is 10.1. The van der Waals surface area contributed by atoms with Crippen molar-refractivity contribution in [3.8, 4) is 11.4 Å².